The zero-order valence-electron chi connectivity index (χ0n) is 11.8. The topological polar surface area (TPSA) is 84.4 Å². The van der Waals surface area contributed by atoms with Crippen molar-refractivity contribution in [1.29, 1.82) is 0 Å². The lowest BCUT2D eigenvalue weighted by molar-refractivity contribution is 0.198. The highest BCUT2D eigenvalue weighted by molar-refractivity contribution is 5.72. The zero-order chi connectivity index (χ0) is 13.6. The van der Waals surface area contributed by atoms with Gasteiger partial charge in [0.25, 0.3) is 0 Å². The van der Waals surface area contributed by atoms with E-state index in [4.69, 9.17) is 11.7 Å². The van der Waals surface area contributed by atoms with Gasteiger partial charge in [-0.05, 0) is 6.42 Å². The average molecular weight is 258 g/mol. The van der Waals surface area contributed by atoms with Crippen LogP contribution in [0.3, 0.4) is 0 Å². The first kappa shape index (κ1) is 17.2. The largest absolute Gasteiger partial charge is 0.345 e. The highest BCUT2D eigenvalue weighted by atomic mass is 16.2. The van der Waals surface area contributed by atoms with Gasteiger partial charge >= 0.3 is 6.03 Å². The lowest BCUT2D eigenvalue weighted by Crippen LogP contribution is -2.47. The number of carbonyl (C=O) groups is 1. The number of urea groups is 1. The van der Waals surface area contributed by atoms with E-state index in [1.807, 2.05) is 5.43 Å². The lowest BCUT2D eigenvalue weighted by Gasteiger charge is -2.15. The second-order valence-corrected chi connectivity index (χ2v) is 4.82. The van der Waals surface area contributed by atoms with Crippen molar-refractivity contribution in [1.82, 2.24) is 10.4 Å². The normalized spacial score (nSPS) is 10.4. The Balaban J connectivity index is 3.14. The van der Waals surface area contributed by atoms with Crippen molar-refractivity contribution in [2.24, 2.45) is 11.7 Å². The van der Waals surface area contributed by atoms with Gasteiger partial charge < -0.3 is 0 Å². The van der Waals surface area contributed by atoms with Crippen LogP contribution in [0, 0.1) is 0 Å². The standard InChI is InChI=1S/C13H30N4O/c1-2-3-4-5-6-7-8-9-10-11-12-17(15)13(18)16-14/h2-12,14-15H2,1H3,(H,16,18). The second-order valence-electron chi connectivity index (χ2n) is 4.82. The lowest BCUT2D eigenvalue weighted by atomic mass is 10.1. The van der Waals surface area contributed by atoms with Gasteiger partial charge in [0.2, 0.25) is 0 Å². The molecule has 18 heavy (non-hydrogen) atoms. The van der Waals surface area contributed by atoms with E-state index in [0.29, 0.717) is 6.54 Å². The summed E-state index contributed by atoms with van der Waals surface area (Å²) in [6.07, 6.45) is 12.7. The van der Waals surface area contributed by atoms with E-state index in [9.17, 15) is 4.79 Å². The van der Waals surface area contributed by atoms with Crippen LogP contribution < -0.4 is 17.1 Å². The Kier molecular flexibility index (Phi) is 12.1. The fourth-order valence-electron chi connectivity index (χ4n) is 1.95. The minimum Gasteiger partial charge on any atom is -0.275 e. The first-order valence-corrected chi connectivity index (χ1v) is 7.25. The summed E-state index contributed by atoms with van der Waals surface area (Å²) in [5, 5.41) is 1.13. The van der Waals surface area contributed by atoms with Crippen LogP contribution >= 0.6 is 0 Å². The summed E-state index contributed by atoms with van der Waals surface area (Å²) in [6.45, 7) is 2.81. The average Bonchev–Trinajstić information content (AvgIpc) is 2.39. The van der Waals surface area contributed by atoms with Crippen LogP contribution in [0.1, 0.15) is 71.1 Å². The molecule has 0 aromatic rings. The third kappa shape index (κ3) is 10.4. The summed E-state index contributed by atoms with van der Waals surface area (Å²) in [5.41, 5.74) is 2.01. The highest BCUT2D eigenvalue weighted by Gasteiger charge is 2.05. The number of nitrogens with zero attached hydrogens (tertiary/aromatic N) is 1. The Morgan fingerprint density at radius 2 is 1.39 bits per heavy atom. The summed E-state index contributed by atoms with van der Waals surface area (Å²) >= 11 is 0. The van der Waals surface area contributed by atoms with E-state index in [1.165, 1.54) is 51.4 Å². The van der Waals surface area contributed by atoms with E-state index in [-0.39, 0.29) is 0 Å². The van der Waals surface area contributed by atoms with E-state index in [2.05, 4.69) is 6.92 Å². The first-order valence-electron chi connectivity index (χ1n) is 7.25. The molecule has 0 heterocycles. The van der Waals surface area contributed by atoms with Gasteiger partial charge in [0.05, 0.1) is 0 Å². The van der Waals surface area contributed by atoms with Gasteiger partial charge in [-0.2, -0.15) is 0 Å². The summed E-state index contributed by atoms with van der Waals surface area (Å²) < 4.78 is 0. The Bertz CT molecular complexity index is 199. The molecule has 0 aromatic heterocycles. The number of nitrogens with two attached hydrogens (primary N) is 2. The first-order chi connectivity index (χ1) is 8.72. The van der Waals surface area contributed by atoms with Crippen molar-refractivity contribution < 1.29 is 4.79 Å². The summed E-state index contributed by atoms with van der Waals surface area (Å²) in [5.74, 6) is 10.4. The second kappa shape index (κ2) is 12.6. The molecule has 0 radical (unpaired) electrons. The number of hydrazine groups is 2. The number of carbonyl (C=O) groups excluding carboxylic acids is 1. The Labute approximate surface area is 111 Å². The maximum atomic E-state index is 11.0. The Morgan fingerprint density at radius 3 is 1.83 bits per heavy atom. The fraction of sp³-hybridized carbons (Fsp3) is 0.923. The molecule has 0 rings (SSSR count). The van der Waals surface area contributed by atoms with E-state index in [0.717, 1.165) is 17.9 Å². The molecule has 0 fully saturated rings. The smallest absolute Gasteiger partial charge is 0.275 e. The van der Waals surface area contributed by atoms with Crippen LogP contribution in [0.2, 0.25) is 0 Å². The van der Waals surface area contributed by atoms with Crippen LogP contribution in [0.15, 0.2) is 0 Å². The molecule has 0 saturated carbocycles. The van der Waals surface area contributed by atoms with Crippen LogP contribution in [0.25, 0.3) is 0 Å². The molecule has 0 unspecified atom stereocenters. The zero-order valence-corrected chi connectivity index (χ0v) is 11.8. The fourth-order valence-corrected chi connectivity index (χ4v) is 1.95. The molecule has 2 amide bonds. The molecule has 5 heteroatoms. The van der Waals surface area contributed by atoms with Crippen molar-refractivity contribution in [2.45, 2.75) is 71.1 Å². The summed E-state index contributed by atoms with van der Waals surface area (Å²) in [4.78, 5) is 11.0. The Morgan fingerprint density at radius 1 is 0.944 bits per heavy atom. The van der Waals surface area contributed by atoms with Crippen molar-refractivity contribution >= 4 is 6.03 Å². The van der Waals surface area contributed by atoms with Crippen LogP contribution in [0.5, 0.6) is 0 Å². The summed E-state index contributed by atoms with van der Waals surface area (Å²) in [6, 6.07) is -0.425. The molecule has 0 bridgehead atoms. The molecule has 0 atom stereocenters. The SMILES string of the molecule is CCCCCCCCCCCCN(N)C(=O)NN. The predicted octanol–water partition coefficient (Wildman–Crippen LogP) is 2.67. The molecule has 0 spiro atoms. The van der Waals surface area contributed by atoms with E-state index in [1.54, 1.807) is 0 Å². The number of rotatable bonds is 11. The van der Waals surface area contributed by atoms with Gasteiger partial charge in [0, 0.05) is 6.54 Å². The summed E-state index contributed by atoms with van der Waals surface area (Å²) in [7, 11) is 0. The molecule has 0 aliphatic carbocycles. The highest BCUT2D eigenvalue weighted by Crippen LogP contribution is 2.10. The molecule has 0 saturated heterocycles. The van der Waals surface area contributed by atoms with Gasteiger partial charge in [0.15, 0.2) is 0 Å². The number of unbranched alkanes of at least 4 members (excludes halogenated alkanes) is 9. The maximum absolute atomic E-state index is 11.0. The molecule has 0 aliphatic rings. The predicted molar refractivity (Wildman–Crippen MR) is 75.5 cm³/mol. The molecule has 0 aliphatic heterocycles. The maximum Gasteiger partial charge on any atom is 0.345 e. The van der Waals surface area contributed by atoms with Crippen molar-refractivity contribution in [2.75, 3.05) is 6.54 Å². The third-order valence-corrected chi connectivity index (χ3v) is 3.14. The minimum absolute atomic E-state index is 0.425. The van der Waals surface area contributed by atoms with Gasteiger partial charge in [-0.25, -0.2) is 16.5 Å². The third-order valence-electron chi connectivity index (χ3n) is 3.14. The van der Waals surface area contributed by atoms with E-state index < -0.39 is 6.03 Å². The molecular weight excluding hydrogens is 228 g/mol. The monoisotopic (exact) mass is 258 g/mol. The number of hydrogen-bond acceptors (Lipinski definition) is 3. The number of hydrogen-bond donors (Lipinski definition) is 3. The van der Waals surface area contributed by atoms with Crippen molar-refractivity contribution in [3.05, 3.63) is 0 Å². The molecular formula is C13H30N4O. The molecule has 5 N–H and O–H groups in total. The van der Waals surface area contributed by atoms with Crippen LogP contribution in [-0.2, 0) is 0 Å². The van der Waals surface area contributed by atoms with Gasteiger partial charge in [-0.3, -0.25) is 10.4 Å². The molecule has 108 valence electrons. The number of nitrogens with one attached hydrogen (secondary N) is 1. The van der Waals surface area contributed by atoms with Crippen LogP contribution in [-0.4, -0.2) is 17.6 Å². The van der Waals surface area contributed by atoms with Crippen molar-refractivity contribution in [3.8, 4) is 0 Å². The number of amides is 2. The van der Waals surface area contributed by atoms with Crippen LogP contribution in [0.4, 0.5) is 4.79 Å². The molecule has 5 nitrogen and oxygen atoms in total. The minimum atomic E-state index is -0.425. The quantitative estimate of drug-likeness (QED) is 0.230. The van der Waals surface area contributed by atoms with E-state index >= 15 is 0 Å². The Hall–Kier alpha value is -0.810. The van der Waals surface area contributed by atoms with Crippen molar-refractivity contribution in [3.63, 3.8) is 0 Å². The van der Waals surface area contributed by atoms with Gasteiger partial charge in [-0.1, -0.05) is 64.7 Å². The van der Waals surface area contributed by atoms with Gasteiger partial charge in [-0.15, -0.1) is 0 Å². The molecule has 0 aromatic carbocycles. The van der Waals surface area contributed by atoms with Gasteiger partial charge in [0.1, 0.15) is 0 Å².